The number of hydrogen-bond acceptors (Lipinski definition) is 4. The van der Waals surface area contributed by atoms with Gasteiger partial charge in [-0.3, -0.25) is 14.5 Å². The summed E-state index contributed by atoms with van der Waals surface area (Å²) in [5.41, 5.74) is 5.87. The normalized spacial score (nSPS) is 18.5. The molecule has 2 aromatic carbocycles. The van der Waals surface area contributed by atoms with E-state index in [0.29, 0.717) is 38.3 Å². The van der Waals surface area contributed by atoms with Crippen molar-refractivity contribution >= 4 is 23.2 Å². The lowest BCUT2D eigenvalue weighted by atomic mass is 9.86. The molecule has 1 aromatic heterocycles. The number of fused-ring (bicyclic) bond motifs is 1. The largest absolute Gasteiger partial charge is 0.338 e. The predicted molar refractivity (Wildman–Crippen MR) is 150 cm³/mol. The Balaban J connectivity index is 1.23. The van der Waals surface area contributed by atoms with Crippen LogP contribution in [0.25, 0.3) is 0 Å². The third-order valence-electron chi connectivity index (χ3n) is 7.80. The second-order valence-corrected chi connectivity index (χ2v) is 12.3. The summed E-state index contributed by atoms with van der Waals surface area (Å²) in [5, 5.41) is 2.17. The molecule has 1 atom stereocenters. The van der Waals surface area contributed by atoms with Gasteiger partial charge in [-0.2, -0.15) is 0 Å². The number of hydrogen-bond donors (Lipinski definition) is 0. The summed E-state index contributed by atoms with van der Waals surface area (Å²) in [6, 6.07) is 18.8. The minimum Gasteiger partial charge on any atom is -0.338 e. The average Bonchev–Trinajstić information content (AvgIpc) is 3.37. The Morgan fingerprint density at radius 3 is 2.22 bits per heavy atom. The first-order valence-electron chi connectivity index (χ1n) is 13.3. The summed E-state index contributed by atoms with van der Waals surface area (Å²) in [6.07, 6.45) is 0.985. The predicted octanol–water partition coefficient (Wildman–Crippen LogP) is 5.29. The van der Waals surface area contributed by atoms with Gasteiger partial charge in [0.1, 0.15) is 0 Å². The zero-order valence-corrected chi connectivity index (χ0v) is 23.2. The number of aryl methyl sites for hydroxylation is 1. The fourth-order valence-electron chi connectivity index (χ4n) is 5.52. The van der Waals surface area contributed by atoms with Crippen LogP contribution in [-0.2, 0) is 16.6 Å². The second-order valence-electron chi connectivity index (χ2n) is 11.3. The molecule has 2 aliphatic rings. The van der Waals surface area contributed by atoms with Gasteiger partial charge in [-0.05, 0) is 64.6 Å². The van der Waals surface area contributed by atoms with Gasteiger partial charge in [0, 0.05) is 43.2 Å². The lowest BCUT2D eigenvalue weighted by Gasteiger charge is -2.39. The molecule has 0 unspecified atom stereocenters. The lowest BCUT2D eigenvalue weighted by molar-refractivity contribution is -0.134. The van der Waals surface area contributed by atoms with E-state index in [9.17, 15) is 9.59 Å². The SMILES string of the molecule is Cc1ccccc1[C@@H]1c2ccsc2CCN1CC(=O)N1CCN(C(=O)c2ccc(C(C)(C)C)cc2)CC1. The van der Waals surface area contributed by atoms with Crippen molar-refractivity contribution in [2.45, 2.75) is 45.6 Å². The Hall–Kier alpha value is -2.96. The first kappa shape index (κ1) is 25.7. The van der Waals surface area contributed by atoms with Crippen LogP contribution in [0.1, 0.15) is 64.3 Å². The van der Waals surface area contributed by atoms with Gasteiger partial charge in [-0.25, -0.2) is 0 Å². The van der Waals surface area contributed by atoms with Gasteiger partial charge in [0.2, 0.25) is 5.91 Å². The maximum absolute atomic E-state index is 13.4. The molecule has 0 radical (unpaired) electrons. The van der Waals surface area contributed by atoms with Crippen LogP contribution >= 0.6 is 11.3 Å². The fraction of sp³-hybridized carbons (Fsp3) is 0.419. The highest BCUT2D eigenvalue weighted by molar-refractivity contribution is 7.10. The van der Waals surface area contributed by atoms with Crippen LogP contribution in [0, 0.1) is 6.92 Å². The van der Waals surface area contributed by atoms with E-state index in [1.807, 2.05) is 33.3 Å². The Kier molecular flexibility index (Phi) is 7.24. The number of carbonyl (C=O) groups excluding carboxylic acids is 2. The van der Waals surface area contributed by atoms with E-state index in [4.69, 9.17) is 0 Å². The third-order valence-corrected chi connectivity index (χ3v) is 8.80. The molecule has 1 saturated heterocycles. The van der Waals surface area contributed by atoms with Gasteiger partial charge in [-0.1, -0.05) is 57.2 Å². The van der Waals surface area contributed by atoms with Crippen molar-refractivity contribution in [1.82, 2.24) is 14.7 Å². The molecule has 5 rings (SSSR count). The van der Waals surface area contributed by atoms with Crippen LogP contribution in [0.15, 0.2) is 60.0 Å². The Labute approximate surface area is 224 Å². The van der Waals surface area contributed by atoms with Crippen LogP contribution < -0.4 is 0 Å². The average molecular weight is 516 g/mol. The van der Waals surface area contributed by atoms with Crippen molar-refractivity contribution in [3.8, 4) is 0 Å². The van der Waals surface area contributed by atoms with Gasteiger partial charge >= 0.3 is 0 Å². The van der Waals surface area contributed by atoms with E-state index < -0.39 is 0 Å². The van der Waals surface area contributed by atoms with E-state index >= 15 is 0 Å². The van der Waals surface area contributed by atoms with E-state index in [1.165, 1.54) is 27.1 Å². The van der Waals surface area contributed by atoms with Crippen molar-refractivity contribution in [2.75, 3.05) is 39.3 Å². The summed E-state index contributed by atoms with van der Waals surface area (Å²) in [7, 11) is 0. The molecule has 0 spiro atoms. The van der Waals surface area contributed by atoms with Gasteiger partial charge in [0.05, 0.1) is 12.6 Å². The Morgan fingerprint density at radius 1 is 0.865 bits per heavy atom. The zero-order chi connectivity index (χ0) is 26.2. The van der Waals surface area contributed by atoms with Crippen LogP contribution in [-0.4, -0.2) is 65.8 Å². The first-order chi connectivity index (χ1) is 17.7. The summed E-state index contributed by atoms with van der Waals surface area (Å²) in [6.45, 7) is 12.3. The summed E-state index contributed by atoms with van der Waals surface area (Å²) >= 11 is 1.82. The molecule has 2 amide bonds. The standard InChI is InChI=1S/C31H37N3O2S/c1-22-7-5-6-8-25(22)29-26-14-20-37-27(26)13-15-34(29)21-28(35)32-16-18-33(19-17-32)30(36)23-9-11-24(12-10-23)31(2,3)4/h5-12,14,20,29H,13,15-19,21H2,1-4H3/t29-/m1/s1. The van der Waals surface area contributed by atoms with Gasteiger partial charge < -0.3 is 9.80 Å². The maximum atomic E-state index is 13.4. The van der Waals surface area contributed by atoms with Crippen molar-refractivity contribution in [1.29, 1.82) is 0 Å². The van der Waals surface area contributed by atoms with Crippen molar-refractivity contribution in [2.24, 2.45) is 0 Å². The molecule has 0 bridgehead atoms. The summed E-state index contributed by atoms with van der Waals surface area (Å²) < 4.78 is 0. The fourth-order valence-corrected chi connectivity index (χ4v) is 6.43. The molecule has 0 saturated carbocycles. The molecule has 2 aliphatic heterocycles. The molecule has 0 aliphatic carbocycles. The maximum Gasteiger partial charge on any atom is 0.253 e. The van der Waals surface area contributed by atoms with Crippen molar-refractivity contribution in [3.63, 3.8) is 0 Å². The van der Waals surface area contributed by atoms with Crippen LogP contribution in [0.3, 0.4) is 0 Å². The van der Waals surface area contributed by atoms with E-state index in [0.717, 1.165) is 13.0 Å². The topological polar surface area (TPSA) is 43.9 Å². The quantitative estimate of drug-likeness (QED) is 0.475. The van der Waals surface area contributed by atoms with Crippen molar-refractivity contribution < 1.29 is 9.59 Å². The Bertz CT molecular complexity index is 1270. The van der Waals surface area contributed by atoms with E-state index in [-0.39, 0.29) is 23.3 Å². The molecule has 194 valence electrons. The van der Waals surface area contributed by atoms with Crippen molar-refractivity contribution in [3.05, 3.63) is 92.7 Å². The zero-order valence-electron chi connectivity index (χ0n) is 22.4. The minimum atomic E-state index is 0.0493. The molecule has 1 fully saturated rings. The molecular weight excluding hydrogens is 478 g/mol. The Morgan fingerprint density at radius 2 is 1.54 bits per heavy atom. The highest BCUT2D eigenvalue weighted by atomic mass is 32.1. The van der Waals surface area contributed by atoms with Gasteiger partial charge in [-0.15, -0.1) is 11.3 Å². The third kappa shape index (κ3) is 5.36. The summed E-state index contributed by atoms with van der Waals surface area (Å²) in [5.74, 6) is 0.201. The molecular formula is C31H37N3O2S. The van der Waals surface area contributed by atoms with Crippen LogP contribution in [0.5, 0.6) is 0 Å². The molecule has 3 heterocycles. The van der Waals surface area contributed by atoms with E-state index in [1.54, 1.807) is 0 Å². The highest BCUT2D eigenvalue weighted by Gasteiger charge is 2.33. The number of rotatable bonds is 4. The van der Waals surface area contributed by atoms with E-state index in [2.05, 4.69) is 80.4 Å². The lowest BCUT2D eigenvalue weighted by Crippen LogP contribution is -2.53. The highest BCUT2D eigenvalue weighted by Crippen LogP contribution is 2.38. The summed E-state index contributed by atoms with van der Waals surface area (Å²) in [4.78, 5) is 34.1. The molecule has 3 aromatic rings. The number of carbonyl (C=O) groups is 2. The molecule has 0 N–H and O–H groups in total. The molecule has 5 nitrogen and oxygen atoms in total. The van der Waals surface area contributed by atoms with Crippen LogP contribution in [0.2, 0.25) is 0 Å². The van der Waals surface area contributed by atoms with Gasteiger partial charge in [0.25, 0.3) is 5.91 Å². The second kappa shape index (κ2) is 10.4. The molecule has 37 heavy (non-hydrogen) atoms. The number of thiophene rings is 1. The first-order valence-corrected chi connectivity index (χ1v) is 14.1. The smallest absolute Gasteiger partial charge is 0.253 e. The monoisotopic (exact) mass is 515 g/mol. The number of piperazine rings is 1. The van der Waals surface area contributed by atoms with Crippen LogP contribution in [0.4, 0.5) is 0 Å². The number of benzene rings is 2. The number of nitrogens with zero attached hydrogens (tertiary/aromatic N) is 3. The number of amides is 2. The minimum absolute atomic E-state index is 0.0493. The van der Waals surface area contributed by atoms with Gasteiger partial charge in [0.15, 0.2) is 0 Å². The molecule has 6 heteroatoms.